The second-order valence-electron chi connectivity index (χ2n) is 5.14. The first kappa shape index (κ1) is 17.5. The predicted octanol–water partition coefficient (Wildman–Crippen LogP) is 3.57. The summed E-state index contributed by atoms with van der Waals surface area (Å²) >= 11 is 8.84. The smallest absolute Gasteiger partial charge is 0.270 e. The van der Waals surface area contributed by atoms with Crippen molar-refractivity contribution in [2.75, 3.05) is 6.54 Å². The van der Waals surface area contributed by atoms with Crippen molar-refractivity contribution in [3.63, 3.8) is 0 Å². The van der Waals surface area contributed by atoms with Crippen LogP contribution in [0, 0.1) is 6.92 Å². The minimum Gasteiger partial charge on any atom is -0.370 e. The molecule has 2 rings (SSSR count). The maximum Gasteiger partial charge on any atom is 0.270 e. The van der Waals surface area contributed by atoms with Crippen LogP contribution in [0.1, 0.15) is 22.0 Å². The fourth-order valence-electron chi connectivity index (χ4n) is 2.21. The number of hydrogen-bond donors (Lipinski definition) is 1. The third-order valence-corrected chi connectivity index (χ3v) is 4.21. The van der Waals surface area contributed by atoms with Gasteiger partial charge < -0.3 is 5.32 Å². The van der Waals surface area contributed by atoms with Crippen molar-refractivity contribution in [2.45, 2.75) is 13.0 Å². The number of carbonyl (C=O) groups is 1. The van der Waals surface area contributed by atoms with Crippen molar-refractivity contribution in [1.82, 2.24) is 5.32 Å². The fraction of sp³-hybridized carbons (Fsp3) is 0.167. The number of halogens is 1. The highest BCUT2D eigenvalue weighted by Gasteiger charge is 2.32. The molecule has 0 aliphatic rings. The number of Topliss-reactive ketones (excluding diaryl/α,β-unsaturated/α-hetero) is 1. The van der Waals surface area contributed by atoms with Crippen molar-refractivity contribution in [3.8, 4) is 0 Å². The van der Waals surface area contributed by atoms with Gasteiger partial charge in [0.2, 0.25) is 5.78 Å². The quantitative estimate of drug-likeness (QED) is 0.354. The lowest BCUT2D eigenvalue weighted by Gasteiger charge is -2.14. The number of hydrogen-bond acceptors (Lipinski definition) is 2. The number of pyridine rings is 1. The molecule has 3 nitrogen and oxygen atoms in total. The SMILES string of the molecule is C=CCNC(=S)[C@@H](C(=O)c1ccc(Br)cc1)[n+]1cccc(C)c1. The van der Waals surface area contributed by atoms with Crippen LogP contribution in [-0.4, -0.2) is 17.3 Å². The fourth-order valence-corrected chi connectivity index (χ4v) is 2.78. The van der Waals surface area contributed by atoms with Crippen LogP contribution in [0.4, 0.5) is 0 Å². The minimum atomic E-state index is -0.578. The Bertz CT molecular complexity index is 728. The highest BCUT2D eigenvalue weighted by molar-refractivity contribution is 9.10. The zero-order valence-corrected chi connectivity index (χ0v) is 15.2. The van der Waals surface area contributed by atoms with E-state index in [1.165, 1.54) is 0 Å². The monoisotopic (exact) mass is 389 g/mol. The molecule has 2 aromatic rings. The second-order valence-corrected chi connectivity index (χ2v) is 6.49. The third kappa shape index (κ3) is 4.56. The summed E-state index contributed by atoms with van der Waals surface area (Å²) in [6, 6.07) is 10.6. The van der Waals surface area contributed by atoms with Gasteiger partial charge in [0.15, 0.2) is 17.4 Å². The summed E-state index contributed by atoms with van der Waals surface area (Å²) in [6.07, 6.45) is 5.49. The third-order valence-electron chi connectivity index (χ3n) is 3.31. The van der Waals surface area contributed by atoms with E-state index in [4.69, 9.17) is 12.2 Å². The van der Waals surface area contributed by atoms with Crippen LogP contribution in [0.5, 0.6) is 0 Å². The first-order chi connectivity index (χ1) is 11.0. The summed E-state index contributed by atoms with van der Waals surface area (Å²) in [5.41, 5.74) is 1.68. The molecular formula is C18H18BrN2OS+. The van der Waals surface area contributed by atoms with Crippen molar-refractivity contribution < 1.29 is 9.36 Å². The van der Waals surface area contributed by atoms with Gasteiger partial charge in [0, 0.05) is 28.2 Å². The molecule has 118 valence electrons. The average molecular weight is 390 g/mol. The lowest BCUT2D eigenvalue weighted by molar-refractivity contribution is -0.692. The summed E-state index contributed by atoms with van der Waals surface area (Å²) in [6.45, 7) is 6.18. The molecule has 5 heteroatoms. The van der Waals surface area contributed by atoms with E-state index in [2.05, 4.69) is 27.8 Å². The number of carbonyl (C=O) groups excluding carboxylic acids is 1. The second kappa shape index (κ2) is 8.13. The van der Waals surface area contributed by atoms with Gasteiger partial charge in [-0.1, -0.05) is 46.4 Å². The summed E-state index contributed by atoms with van der Waals surface area (Å²) < 4.78 is 2.78. The summed E-state index contributed by atoms with van der Waals surface area (Å²) in [5.74, 6) is -0.0466. The van der Waals surface area contributed by atoms with Gasteiger partial charge in [0.25, 0.3) is 6.04 Å². The summed E-state index contributed by atoms with van der Waals surface area (Å²) in [5, 5.41) is 3.07. The van der Waals surface area contributed by atoms with Crippen molar-refractivity contribution in [3.05, 3.63) is 77.0 Å². The van der Waals surface area contributed by atoms with Gasteiger partial charge in [-0.15, -0.1) is 6.58 Å². The van der Waals surface area contributed by atoms with Gasteiger partial charge >= 0.3 is 0 Å². The molecule has 1 heterocycles. The number of benzene rings is 1. The molecule has 0 amide bonds. The summed E-state index contributed by atoms with van der Waals surface area (Å²) in [7, 11) is 0. The Hall–Kier alpha value is -1.85. The Morgan fingerprint density at radius 1 is 1.39 bits per heavy atom. The molecule has 1 atom stereocenters. The molecule has 0 spiro atoms. The largest absolute Gasteiger partial charge is 0.370 e. The zero-order valence-electron chi connectivity index (χ0n) is 12.8. The average Bonchev–Trinajstić information content (AvgIpc) is 2.53. The molecule has 1 N–H and O–H groups in total. The number of nitrogens with one attached hydrogen (secondary N) is 1. The highest BCUT2D eigenvalue weighted by Crippen LogP contribution is 2.15. The van der Waals surface area contributed by atoms with Crippen LogP contribution in [0.3, 0.4) is 0 Å². The molecule has 0 unspecified atom stereocenters. The Morgan fingerprint density at radius 2 is 2.09 bits per heavy atom. The Morgan fingerprint density at radius 3 is 2.70 bits per heavy atom. The van der Waals surface area contributed by atoms with E-state index in [9.17, 15) is 4.79 Å². The van der Waals surface area contributed by atoms with Crippen LogP contribution in [0.15, 0.2) is 65.9 Å². The molecule has 1 aromatic carbocycles. The van der Waals surface area contributed by atoms with Crippen LogP contribution >= 0.6 is 28.1 Å². The van der Waals surface area contributed by atoms with Crippen molar-refractivity contribution >= 4 is 38.9 Å². The van der Waals surface area contributed by atoms with E-state index in [-0.39, 0.29) is 5.78 Å². The van der Waals surface area contributed by atoms with Crippen LogP contribution in [0.2, 0.25) is 0 Å². The number of ketones is 1. The standard InChI is InChI=1S/C18H17BrN2OS/c1-3-10-20-18(23)16(21-11-4-5-13(2)12-21)17(22)14-6-8-15(19)9-7-14/h3-9,11-12,16H,1,10H2,2H3/p+1/t16-/m1/s1. The lowest BCUT2D eigenvalue weighted by atomic mass is 10.0. The Labute approximate surface area is 150 Å². The van der Waals surface area contributed by atoms with E-state index in [0.29, 0.717) is 17.1 Å². The van der Waals surface area contributed by atoms with Gasteiger partial charge in [-0.2, -0.15) is 4.57 Å². The van der Waals surface area contributed by atoms with E-state index < -0.39 is 6.04 Å². The molecule has 0 aliphatic carbocycles. The number of aromatic nitrogens is 1. The van der Waals surface area contributed by atoms with Gasteiger partial charge in [0.05, 0.1) is 0 Å². The van der Waals surface area contributed by atoms with Gasteiger partial charge in [-0.3, -0.25) is 4.79 Å². The summed E-state index contributed by atoms with van der Waals surface area (Å²) in [4.78, 5) is 13.5. The van der Waals surface area contributed by atoms with Crippen LogP contribution in [-0.2, 0) is 0 Å². The zero-order chi connectivity index (χ0) is 16.8. The van der Waals surface area contributed by atoms with E-state index >= 15 is 0 Å². The number of aryl methyl sites for hydroxylation is 1. The van der Waals surface area contributed by atoms with E-state index in [1.54, 1.807) is 18.2 Å². The first-order valence-electron chi connectivity index (χ1n) is 7.18. The van der Waals surface area contributed by atoms with Gasteiger partial charge in [-0.25, -0.2) is 0 Å². The molecule has 0 bridgehead atoms. The molecule has 0 aliphatic heterocycles. The van der Waals surface area contributed by atoms with Gasteiger partial charge in [0.1, 0.15) is 0 Å². The number of nitrogens with zero attached hydrogens (tertiary/aromatic N) is 1. The number of thiocarbonyl (C=S) groups is 1. The molecule has 23 heavy (non-hydrogen) atoms. The minimum absolute atomic E-state index is 0.0466. The van der Waals surface area contributed by atoms with Crippen molar-refractivity contribution in [2.24, 2.45) is 0 Å². The Kier molecular flexibility index (Phi) is 6.19. The van der Waals surface area contributed by atoms with Crippen LogP contribution in [0.25, 0.3) is 0 Å². The topological polar surface area (TPSA) is 33.0 Å². The van der Waals surface area contributed by atoms with E-state index in [0.717, 1.165) is 10.0 Å². The highest BCUT2D eigenvalue weighted by atomic mass is 79.9. The maximum absolute atomic E-state index is 13.0. The van der Waals surface area contributed by atoms with E-state index in [1.807, 2.05) is 48.1 Å². The lowest BCUT2D eigenvalue weighted by Crippen LogP contribution is -2.51. The first-order valence-corrected chi connectivity index (χ1v) is 8.39. The molecule has 0 radical (unpaired) electrons. The Balaban J connectivity index is 2.40. The number of rotatable bonds is 6. The predicted molar refractivity (Wildman–Crippen MR) is 99.7 cm³/mol. The normalized spacial score (nSPS) is 11.6. The molecule has 0 fully saturated rings. The van der Waals surface area contributed by atoms with Crippen molar-refractivity contribution in [1.29, 1.82) is 0 Å². The molecular weight excluding hydrogens is 372 g/mol. The van der Waals surface area contributed by atoms with Gasteiger partial charge in [-0.05, 0) is 25.1 Å². The molecule has 0 saturated carbocycles. The molecule has 0 saturated heterocycles. The maximum atomic E-state index is 13.0. The van der Waals surface area contributed by atoms with Crippen LogP contribution < -0.4 is 9.88 Å². The molecule has 1 aromatic heterocycles.